The van der Waals surface area contributed by atoms with Gasteiger partial charge in [-0.05, 0) is 96.8 Å². The molecule has 6 nitrogen and oxygen atoms in total. The lowest BCUT2D eigenvalue weighted by Crippen LogP contribution is -2.28. The van der Waals surface area contributed by atoms with Gasteiger partial charge < -0.3 is 9.52 Å². The molecule has 9 heteroatoms. The SMILES string of the molecule is CCCCCCc1cc2cc(-c3cnc(N4N=C5C(=Cc6ccc(Cl)cc6)CCCC5C4c4ccc(Cl)cc4)s3)c(=O)oc2cc1O. The summed E-state index contributed by atoms with van der Waals surface area (Å²) in [6, 6.07) is 21.1. The van der Waals surface area contributed by atoms with Crippen molar-refractivity contribution in [2.45, 2.75) is 64.3 Å². The summed E-state index contributed by atoms with van der Waals surface area (Å²) >= 11 is 13.9. The van der Waals surface area contributed by atoms with E-state index in [0.717, 1.165) is 72.7 Å². The van der Waals surface area contributed by atoms with Crippen LogP contribution in [0.15, 0.2) is 92.8 Å². The van der Waals surface area contributed by atoms with Gasteiger partial charge in [-0.15, -0.1) is 0 Å². The minimum atomic E-state index is -0.466. The molecule has 0 bridgehead atoms. The van der Waals surface area contributed by atoms with Gasteiger partial charge >= 0.3 is 5.63 Å². The number of aromatic hydroxyl groups is 1. The van der Waals surface area contributed by atoms with Crippen LogP contribution in [0.25, 0.3) is 27.5 Å². The molecule has 2 atom stereocenters. The maximum atomic E-state index is 13.2. The topological polar surface area (TPSA) is 78.9 Å². The van der Waals surface area contributed by atoms with E-state index in [4.69, 9.17) is 37.7 Å². The van der Waals surface area contributed by atoms with E-state index in [-0.39, 0.29) is 17.7 Å². The van der Waals surface area contributed by atoms with Gasteiger partial charge in [-0.3, -0.25) is 0 Å². The monoisotopic (exact) mass is 683 g/mol. The van der Waals surface area contributed by atoms with Gasteiger partial charge in [0.2, 0.25) is 5.13 Å². The second kappa shape index (κ2) is 13.7. The number of rotatable bonds is 9. The van der Waals surface area contributed by atoms with Crippen molar-refractivity contribution < 1.29 is 9.52 Å². The van der Waals surface area contributed by atoms with E-state index in [0.29, 0.717) is 31.2 Å². The highest BCUT2D eigenvalue weighted by Crippen LogP contribution is 2.48. The van der Waals surface area contributed by atoms with E-state index in [1.54, 1.807) is 12.3 Å². The van der Waals surface area contributed by atoms with Crippen molar-refractivity contribution in [1.82, 2.24) is 4.98 Å². The van der Waals surface area contributed by atoms with Gasteiger partial charge in [-0.2, -0.15) is 5.10 Å². The van der Waals surface area contributed by atoms with Crippen LogP contribution in [0.3, 0.4) is 0 Å². The first kappa shape index (κ1) is 31.7. The summed E-state index contributed by atoms with van der Waals surface area (Å²) in [4.78, 5) is 18.7. The zero-order valence-corrected chi connectivity index (χ0v) is 28.4. The number of phenolic OH excluding ortho intramolecular Hbond substituents is 1. The predicted molar refractivity (Wildman–Crippen MR) is 194 cm³/mol. The molecule has 240 valence electrons. The summed E-state index contributed by atoms with van der Waals surface area (Å²) < 4.78 is 5.71. The number of hydrogen-bond donors (Lipinski definition) is 1. The third-order valence-corrected chi connectivity index (χ3v) is 10.6. The van der Waals surface area contributed by atoms with Crippen LogP contribution in [0, 0.1) is 5.92 Å². The number of anilines is 1. The number of allylic oxidation sites excluding steroid dienone is 1. The van der Waals surface area contributed by atoms with Gasteiger partial charge in [0.1, 0.15) is 11.3 Å². The Hall–Kier alpha value is -3.91. The van der Waals surface area contributed by atoms with Crippen molar-refractivity contribution in [1.29, 1.82) is 0 Å². The van der Waals surface area contributed by atoms with Crippen molar-refractivity contribution in [3.8, 4) is 16.2 Å². The van der Waals surface area contributed by atoms with Gasteiger partial charge in [0.15, 0.2) is 0 Å². The fourth-order valence-corrected chi connectivity index (χ4v) is 7.88. The molecular weight excluding hydrogens is 649 g/mol. The van der Waals surface area contributed by atoms with Gasteiger partial charge in [0.25, 0.3) is 0 Å². The van der Waals surface area contributed by atoms with E-state index in [1.165, 1.54) is 23.3 Å². The van der Waals surface area contributed by atoms with Crippen molar-refractivity contribution in [3.63, 3.8) is 0 Å². The Bertz CT molecular complexity index is 2030. The molecule has 7 rings (SSSR count). The van der Waals surface area contributed by atoms with Crippen LogP contribution < -0.4 is 10.6 Å². The summed E-state index contributed by atoms with van der Waals surface area (Å²) in [5, 5.41) is 20.7. The average molecular weight is 685 g/mol. The normalized spacial score (nSPS) is 18.6. The molecular formula is C38H35Cl2N3O3S. The molecule has 1 fully saturated rings. The Morgan fingerprint density at radius 1 is 1.02 bits per heavy atom. The Balaban J connectivity index is 1.25. The maximum Gasteiger partial charge on any atom is 0.345 e. The molecule has 3 aromatic carbocycles. The molecule has 0 saturated heterocycles. The number of thiazole rings is 1. The minimum Gasteiger partial charge on any atom is -0.508 e. The number of fused-ring (bicyclic) bond motifs is 2. The minimum absolute atomic E-state index is 0.0681. The number of aromatic nitrogens is 1. The summed E-state index contributed by atoms with van der Waals surface area (Å²) in [6.07, 6.45) is 12.2. The number of halogens is 2. The largest absolute Gasteiger partial charge is 0.508 e. The average Bonchev–Trinajstić information content (AvgIpc) is 3.71. The number of phenols is 1. The Labute approximate surface area is 288 Å². The quantitative estimate of drug-likeness (QED) is 0.123. The molecule has 2 unspecified atom stereocenters. The van der Waals surface area contributed by atoms with E-state index in [1.807, 2.05) is 53.5 Å². The van der Waals surface area contributed by atoms with Crippen LogP contribution in [-0.4, -0.2) is 15.8 Å². The smallest absolute Gasteiger partial charge is 0.345 e. The fraction of sp³-hybridized carbons (Fsp3) is 0.289. The van der Waals surface area contributed by atoms with Gasteiger partial charge in [0, 0.05) is 33.6 Å². The van der Waals surface area contributed by atoms with Gasteiger partial charge in [-0.25, -0.2) is 14.8 Å². The summed E-state index contributed by atoms with van der Waals surface area (Å²) in [5.74, 6) is 0.335. The fourth-order valence-electron chi connectivity index (χ4n) is 6.72. The number of hydrogen-bond acceptors (Lipinski definition) is 7. The van der Waals surface area contributed by atoms with E-state index < -0.39 is 5.63 Å². The highest BCUT2D eigenvalue weighted by molar-refractivity contribution is 7.18. The lowest BCUT2D eigenvalue weighted by atomic mass is 9.77. The number of unbranched alkanes of at least 4 members (excludes halogenated alkanes) is 3. The molecule has 1 saturated carbocycles. The molecule has 1 aliphatic carbocycles. The van der Waals surface area contributed by atoms with E-state index >= 15 is 0 Å². The van der Waals surface area contributed by atoms with Crippen LogP contribution in [0.1, 0.15) is 74.6 Å². The highest BCUT2D eigenvalue weighted by Gasteiger charge is 2.43. The standard InChI is InChI=1S/C38H35Cl2N3O3S/c1-2-3-4-5-7-25-19-27-20-31(37(45)46-33(27)21-32(25)44)34-22-41-38(47-34)43-36(24-12-16-29(40)17-13-24)30-9-6-8-26(35(30)42-43)18-23-10-14-28(39)15-11-23/h10-22,30,36,44H,2-9H2,1H3. The zero-order chi connectivity index (χ0) is 32.5. The van der Waals surface area contributed by atoms with Crippen molar-refractivity contribution in [3.05, 3.63) is 116 Å². The molecule has 0 radical (unpaired) electrons. The van der Waals surface area contributed by atoms with Crippen LogP contribution >= 0.6 is 34.5 Å². The first-order chi connectivity index (χ1) is 22.9. The lowest BCUT2D eigenvalue weighted by molar-refractivity contribution is 0.464. The molecule has 3 heterocycles. The number of benzene rings is 3. The zero-order valence-electron chi connectivity index (χ0n) is 26.1. The van der Waals surface area contributed by atoms with Crippen LogP contribution in [0.2, 0.25) is 10.0 Å². The Morgan fingerprint density at radius 2 is 1.79 bits per heavy atom. The molecule has 5 aromatic rings. The molecule has 1 aliphatic heterocycles. The van der Waals surface area contributed by atoms with Crippen LogP contribution in [-0.2, 0) is 6.42 Å². The maximum absolute atomic E-state index is 13.2. The summed E-state index contributed by atoms with van der Waals surface area (Å²) in [5.41, 5.74) is 5.69. The summed E-state index contributed by atoms with van der Waals surface area (Å²) in [7, 11) is 0. The predicted octanol–water partition coefficient (Wildman–Crippen LogP) is 10.9. The Morgan fingerprint density at radius 3 is 2.55 bits per heavy atom. The second-order valence-electron chi connectivity index (χ2n) is 12.3. The first-order valence-electron chi connectivity index (χ1n) is 16.2. The third-order valence-electron chi connectivity index (χ3n) is 9.11. The molecule has 0 spiro atoms. The first-order valence-corrected chi connectivity index (χ1v) is 17.8. The van der Waals surface area contributed by atoms with E-state index in [9.17, 15) is 9.90 Å². The molecule has 47 heavy (non-hydrogen) atoms. The van der Waals surface area contributed by atoms with Gasteiger partial charge in [0.05, 0.1) is 22.2 Å². The van der Waals surface area contributed by atoms with Crippen molar-refractivity contribution in [2.75, 3.05) is 5.01 Å². The summed E-state index contributed by atoms with van der Waals surface area (Å²) in [6.45, 7) is 2.18. The number of hydrazone groups is 1. The second-order valence-corrected chi connectivity index (χ2v) is 14.2. The van der Waals surface area contributed by atoms with E-state index in [2.05, 4.69) is 25.1 Å². The molecule has 2 aromatic heterocycles. The number of nitrogens with zero attached hydrogens (tertiary/aromatic N) is 3. The van der Waals surface area contributed by atoms with Crippen molar-refractivity contribution >= 4 is 62.4 Å². The third kappa shape index (κ3) is 6.62. The molecule has 0 amide bonds. The van der Waals surface area contributed by atoms with Crippen LogP contribution in [0.5, 0.6) is 5.75 Å². The van der Waals surface area contributed by atoms with Crippen LogP contribution in [0.4, 0.5) is 5.13 Å². The van der Waals surface area contributed by atoms with Crippen molar-refractivity contribution in [2.24, 2.45) is 11.0 Å². The Kier molecular flexibility index (Phi) is 9.22. The lowest BCUT2D eigenvalue weighted by Gasteiger charge is -2.29. The number of aryl methyl sites for hydroxylation is 1. The molecule has 2 aliphatic rings. The molecule has 1 N–H and O–H groups in total. The highest BCUT2D eigenvalue weighted by atomic mass is 35.5. The van der Waals surface area contributed by atoms with Gasteiger partial charge in [-0.1, -0.05) is 85.0 Å².